The third-order valence-electron chi connectivity index (χ3n) is 4.88. The second kappa shape index (κ2) is 8.82. The molecule has 0 N–H and O–H groups in total. The minimum atomic E-state index is -0.340. The summed E-state index contributed by atoms with van der Waals surface area (Å²) in [6.07, 6.45) is 0. The lowest BCUT2D eigenvalue weighted by atomic mass is 10.2. The fraction of sp³-hybridized carbons (Fsp3) is 0.333. The van der Waals surface area contributed by atoms with Crippen LogP contribution in [-0.4, -0.2) is 54.3 Å². The van der Waals surface area contributed by atoms with Gasteiger partial charge in [-0.05, 0) is 42.0 Å². The molecule has 148 valence electrons. The van der Waals surface area contributed by atoms with Crippen LogP contribution in [0.4, 0.5) is 14.5 Å². The number of piperazine rings is 1. The molecule has 3 rings (SSSR count). The summed E-state index contributed by atoms with van der Waals surface area (Å²) in [5, 5.41) is 0. The van der Waals surface area contributed by atoms with Crippen molar-refractivity contribution in [3.8, 4) is 0 Å². The van der Waals surface area contributed by atoms with E-state index in [9.17, 15) is 18.4 Å². The molecule has 0 unspecified atom stereocenters. The highest BCUT2D eigenvalue weighted by molar-refractivity contribution is 5.84. The van der Waals surface area contributed by atoms with Crippen LogP contribution in [0.25, 0.3) is 0 Å². The van der Waals surface area contributed by atoms with Gasteiger partial charge in [0, 0.05) is 45.3 Å². The zero-order chi connectivity index (χ0) is 20.1. The van der Waals surface area contributed by atoms with E-state index in [1.54, 1.807) is 29.2 Å². The Kier molecular flexibility index (Phi) is 6.23. The first-order valence-corrected chi connectivity index (χ1v) is 9.20. The Morgan fingerprint density at radius 3 is 1.96 bits per heavy atom. The van der Waals surface area contributed by atoms with Gasteiger partial charge in [0.2, 0.25) is 11.8 Å². The van der Waals surface area contributed by atoms with E-state index < -0.39 is 0 Å². The summed E-state index contributed by atoms with van der Waals surface area (Å²) in [6.45, 7) is 4.05. The van der Waals surface area contributed by atoms with E-state index in [1.165, 1.54) is 36.1 Å². The van der Waals surface area contributed by atoms with Gasteiger partial charge in [-0.2, -0.15) is 0 Å². The topological polar surface area (TPSA) is 43.9 Å². The Hall–Kier alpha value is -2.96. The molecule has 28 heavy (non-hydrogen) atoms. The number of carbonyl (C=O) groups excluding carboxylic acids is 2. The molecule has 0 bridgehead atoms. The van der Waals surface area contributed by atoms with Crippen LogP contribution in [0.15, 0.2) is 48.5 Å². The Balaban J connectivity index is 1.55. The van der Waals surface area contributed by atoms with Gasteiger partial charge >= 0.3 is 0 Å². The van der Waals surface area contributed by atoms with E-state index in [1.807, 2.05) is 0 Å². The largest absolute Gasteiger partial charge is 0.368 e. The van der Waals surface area contributed by atoms with E-state index >= 15 is 0 Å². The van der Waals surface area contributed by atoms with Gasteiger partial charge in [-0.15, -0.1) is 0 Å². The summed E-state index contributed by atoms with van der Waals surface area (Å²) in [5.41, 5.74) is 1.70. The van der Waals surface area contributed by atoms with Crippen LogP contribution in [0.3, 0.4) is 0 Å². The van der Waals surface area contributed by atoms with Crippen molar-refractivity contribution in [3.05, 3.63) is 65.7 Å². The lowest BCUT2D eigenvalue weighted by Gasteiger charge is -2.37. The van der Waals surface area contributed by atoms with Crippen molar-refractivity contribution in [2.45, 2.75) is 13.5 Å². The van der Waals surface area contributed by atoms with Crippen LogP contribution in [0, 0.1) is 11.6 Å². The summed E-state index contributed by atoms with van der Waals surface area (Å²) >= 11 is 0. The molecule has 1 aliphatic heterocycles. The average molecular weight is 387 g/mol. The van der Waals surface area contributed by atoms with Crippen LogP contribution < -0.4 is 4.90 Å². The number of hydrogen-bond donors (Lipinski definition) is 0. The smallest absolute Gasteiger partial charge is 0.242 e. The number of nitrogens with zero attached hydrogens (tertiary/aromatic N) is 3. The van der Waals surface area contributed by atoms with Crippen LogP contribution >= 0.6 is 0 Å². The van der Waals surface area contributed by atoms with Crippen LogP contribution in [0.5, 0.6) is 0 Å². The minimum absolute atomic E-state index is 0.0107. The highest BCUT2D eigenvalue weighted by Gasteiger charge is 2.24. The zero-order valence-corrected chi connectivity index (χ0v) is 15.8. The molecule has 0 radical (unpaired) electrons. The number of amides is 2. The first-order valence-electron chi connectivity index (χ1n) is 9.20. The fourth-order valence-electron chi connectivity index (χ4n) is 3.22. The number of anilines is 1. The molecular formula is C21H23F2N3O2. The van der Waals surface area contributed by atoms with E-state index in [-0.39, 0.29) is 36.5 Å². The summed E-state index contributed by atoms with van der Waals surface area (Å²) in [7, 11) is 0. The molecule has 2 aromatic rings. The first kappa shape index (κ1) is 19.8. The summed E-state index contributed by atoms with van der Waals surface area (Å²) in [5.74, 6) is -0.935. The molecule has 1 saturated heterocycles. The maximum Gasteiger partial charge on any atom is 0.242 e. The molecule has 0 aromatic heterocycles. The highest BCUT2D eigenvalue weighted by atomic mass is 19.1. The van der Waals surface area contributed by atoms with E-state index in [4.69, 9.17) is 0 Å². The van der Waals surface area contributed by atoms with E-state index in [2.05, 4.69) is 4.90 Å². The normalized spacial score (nSPS) is 14.1. The van der Waals surface area contributed by atoms with Gasteiger partial charge in [-0.3, -0.25) is 9.59 Å². The molecule has 7 heteroatoms. The third-order valence-corrected chi connectivity index (χ3v) is 4.88. The fourth-order valence-corrected chi connectivity index (χ4v) is 3.22. The van der Waals surface area contributed by atoms with Gasteiger partial charge < -0.3 is 14.7 Å². The van der Waals surface area contributed by atoms with Gasteiger partial charge in [-0.1, -0.05) is 12.1 Å². The maximum absolute atomic E-state index is 13.1. The molecule has 0 saturated carbocycles. The minimum Gasteiger partial charge on any atom is -0.368 e. The summed E-state index contributed by atoms with van der Waals surface area (Å²) in [4.78, 5) is 29.9. The maximum atomic E-state index is 13.1. The van der Waals surface area contributed by atoms with Crippen molar-refractivity contribution in [3.63, 3.8) is 0 Å². The second-order valence-electron chi connectivity index (χ2n) is 6.85. The molecule has 1 heterocycles. The predicted octanol–water partition coefficient (Wildman–Crippen LogP) is 2.66. The molecule has 5 nitrogen and oxygen atoms in total. The number of hydrogen-bond acceptors (Lipinski definition) is 3. The highest BCUT2D eigenvalue weighted by Crippen LogP contribution is 2.17. The van der Waals surface area contributed by atoms with E-state index in [0.29, 0.717) is 26.2 Å². The van der Waals surface area contributed by atoms with Gasteiger partial charge in [0.05, 0.1) is 0 Å². The Labute approximate surface area is 163 Å². The average Bonchev–Trinajstić information content (AvgIpc) is 2.69. The number of benzene rings is 2. The molecule has 1 fully saturated rings. The molecule has 0 atom stereocenters. The molecule has 0 aliphatic carbocycles. The molecule has 2 amide bonds. The van der Waals surface area contributed by atoms with Crippen LogP contribution in [0.2, 0.25) is 0 Å². The van der Waals surface area contributed by atoms with Crippen molar-refractivity contribution in [2.75, 3.05) is 37.6 Å². The van der Waals surface area contributed by atoms with Gasteiger partial charge in [0.15, 0.2) is 0 Å². The Bertz CT molecular complexity index is 817. The predicted molar refractivity (Wildman–Crippen MR) is 103 cm³/mol. The lowest BCUT2D eigenvalue weighted by Crippen LogP contribution is -2.51. The van der Waals surface area contributed by atoms with Crippen LogP contribution in [0.1, 0.15) is 12.5 Å². The van der Waals surface area contributed by atoms with Crippen molar-refractivity contribution < 1.29 is 18.4 Å². The second-order valence-corrected chi connectivity index (χ2v) is 6.85. The van der Waals surface area contributed by atoms with Crippen molar-refractivity contribution in [1.29, 1.82) is 0 Å². The zero-order valence-electron chi connectivity index (χ0n) is 15.8. The van der Waals surface area contributed by atoms with Crippen molar-refractivity contribution >= 4 is 17.5 Å². The number of rotatable bonds is 5. The van der Waals surface area contributed by atoms with Crippen molar-refractivity contribution in [1.82, 2.24) is 9.80 Å². The molecular weight excluding hydrogens is 364 g/mol. The molecule has 1 aliphatic rings. The molecule has 0 spiro atoms. The Morgan fingerprint density at radius 2 is 1.43 bits per heavy atom. The lowest BCUT2D eigenvalue weighted by molar-refractivity contribution is -0.140. The summed E-state index contributed by atoms with van der Waals surface area (Å²) in [6, 6.07) is 12.2. The number of carbonyl (C=O) groups is 2. The van der Waals surface area contributed by atoms with Crippen LogP contribution in [-0.2, 0) is 16.1 Å². The van der Waals surface area contributed by atoms with Crippen molar-refractivity contribution in [2.24, 2.45) is 0 Å². The van der Waals surface area contributed by atoms with E-state index in [0.717, 1.165) is 11.3 Å². The number of halogens is 2. The quantitative estimate of drug-likeness (QED) is 0.792. The van der Waals surface area contributed by atoms with Gasteiger partial charge in [-0.25, -0.2) is 8.78 Å². The monoisotopic (exact) mass is 387 g/mol. The van der Waals surface area contributed by atoms with Gasteiger partial charge in [0.1, 0.15) is 18.2 Å². The summed E-state index contributed by atoms with van der Waals surface area (Å²) < 4.78 is 26.1. The standard InChI is InChI=1S/C21H23F2N3O2/c1-16(27)26(14-17-2-4-18(22)5-3-17)15-21(28)25-12-10-24(11-13-25)20-8-6-19(23)7-9-20/h2-9H,10-15H2,1H3. The Morgan fingerprint density at radius 1 is 0.893 bits per heavy atom. The third kappa shape index (κ3) is 5.06. The van der Waals surface area contributed by atoms with Gasteiger partial charge in [0.25, 0.3) is 0 Å². The first-order chi connectivity index (χ1) is 13.4. The molecule has 2 aromatic carbocycles. The SMILES string of the molecule is CC(=O)N(CC(=O)N1CCN(c2ccc(F)cc2)CC1)Cc1ccc(F)cc1.